The van der Waals surface area contributed by atoms with E-state index in [1.807, 2.05) is 12.1 Å². The van der Waals surface area contributed by atoms with Crippen molar-refractivity contribution >= 4 is 11.9 Å². The molecule has 7 nitrogen and oxygen atoms in total. The Labute approximate surface area is 169 Å². The maximum absolute atomic E-state index is 12.1. The highest BCUT2D eigenvalue weighted by Crippen LogP contribution is 2.30. The van der Waals surface area contributed by atoms with Gasteiger partial charge in [-0.3, -0.25) is 4.79 Å². The van der Waals surface area contributed by atoms with Crippen LogP contribution in [0.4, 0.5) is 13.2 Å². The maximum atomic E-state index is 12.1. The predicted octanol–water partition coefficient (Wildman–Crippen LogP) is 2.87. The standard InChI is InChI=1S/C20H18F3NO6/c21-20(22,23)30-15-4-2-14(3-5-15)19(26)29-12-18(25)24-8-7-13-1-6-16-17(11-13)28-10-9-27-16/h1-6,11H,7-10,12H2,(H,24,25). The van der Waals surface area contributed by atoms with Crippen LogP contribution < -0.4 is 19.5 Å². The summed E-state index contributed by atoms with van der Waals surface area (Å²) in [5, 5.41) is 2.62. The zero-order chi connectivity index (χ0) is 21.6. The first-order valence-corrected chi connectivity index (χ1v) is 8.98. The molecule has 30 heavy (non-hydrogen) atoms. The molecule has 0 radical (unpaired) electrons. The Bertz CT molecular complexity index is 898. The van der Waals surface area contributed by atoms with E-state index in [4.69, 9.17) is 14.2 Å². The van der Waals surface area contributed by atoms with E-state index in [0.29, 0.717) is 37.7 Å². The molecule has 160 valence electrons. The second-order valence-corrected chi connectivity index (χ2v) is 6.23. The summed E-state index contributed by atoms with van der Waals surface area (Å²) in [6.07, 6.45) is -4.28. The van der Waals surface area contributed by atoms with Gasteiger partial charge in [-0.2, -0.15) is 0 Å². The van der Waals surface area contributed by atoms with Crippen molar-refractivity contribution in [3.8, 4) is 17.2 Å². The second-order valence-electron chi connectivity index (χ2n) is 6.23. The molecule has 2 aromatic rings. The third-order valence-electron chi connectivity index (χ3n) is 4.00. The molecule has 1 aliphatic heterocycles. The number of halogens is 3. The number of rotatable bonds is 7. The minimum absolute atomic E-state index is 0.00592. The molecular weight excluding hydrogens is 407 g/mol. The number of amides is 1. The number of carbonyl (C=O) groups is 2. The molecule has 0 aliphatic carbocycles. The molecule has 0 atom stereocenters. The Morgan fingerprint density at radius 1 is 1.00 bits per heavy atom. The van der Waals surface area contributed by atoms with Crippen molar-refractivity contribution in [1.82, 2.24) is 5.32 Å². The number of nitrogens with one attached hydrogen (secondary N) is 1. The lowest BCUT2D eigenvalue weighted by atomic mass is 10.1. The van der Waals surface area contributed by atoms with Gasteiger partial charge < -0.3 is 24.3 Å². The number of hydrogen-bond acceptors (Lipinski definition) is 6. The number of carbonyl (C=O) groups excluding carboxylic acids is 2. The normalized spacial score (nSPS) is 12.8. The van der Waals surface area contributed by atoms with E-state index < -0.39 is 30.6 Å². The van der Waals surface area contributed by atoms with Gasteiger partial charge in [0.1, 0.15) is 19.0 Å². The lowest BCUT2D eigenvalue weighted by molar-refractivity contribution is -0.274. The third-order valence-corrected chi connectivity index (χ3v) is 4.00. The van der Waals surface area contributed by atoms with E-state index in [1.165, 1.54) is 0 Å². The highest BCUT2D eigenvalue weighted by molar-refractivity contribution is 5.91. The molecular formula is C20H18F3NO6. The first-order chi connectivity index (χ1) is 14.3. The van der Waals surface area contributed by atoms with E-state index in [1.54, 1.807) is 6.07 Å². The summed E-state index contributed by atoms with van der Waals surface area (Å²) in [5.41, 5.74) is 0.936. The number of benzene rings is 2. The molecule has 0 spiro atoms. The SMILES string of the molecule is O=C(COC(=O)c1ccc(OC(F)(F)F)cc1)NCCc1ccc2c(c1)OCCO2. The molecule has 1 aliphatic rings. The molecule has 1 N–H and O–H groups in total. The fourth-order valence-electron chi connectivity index (χ4n) is 2.65. The lowest BCUT2D eigenvalue weighted by Crippen LogP contribution is -2.30. The van der Waals surface area contributed by atoms with Gasteiger partial charge in [0.2, 0.25) is 0 Å². The Morgan fingerprint density at radius 2 is 1.70 bits per heavy atom. The second kappa shape index (κ2) is 9.38. The number of fused-ring (bicyclic) bond motifs is 1. The van der Waals surface area contributed by atoms with Crippen LogP contribution in [0.15, 0.2) is 42.5 Å². The van der Waals surface area contributed by atoms with Crippen molar-refractivity contribution in [2.45, 2.75) is 12.8 Å². The first-order valence-electron chi connectivity index (χ1n) is 8.98. The molecule has 0 bridgehead atoms. The number of alkyl halides is 3. The molecule has 0 aromatic heterocycles. The fourth-order valence-corrected chi connectivity index (χ4v) is 2.65. The number of esters is 1. The highest BCUT2D eigenvalue weighted by atomic mass is 19.4. The van der Waals surface area contributed by atoms with Crippen LogP contribution in [0.2, 0.25) is 0 Å². The summed E-state index contributed by atoms with van der Waals surface area (Å²) in [4.78, 5) is 23.7. The summed E-state index contributed by atoms with van der Waals surface area (Å²) < 4.78 is 55.9. The summed E-state index contributed by atoms with van der Waals surface area (Å²) in [5.74, 6) is -0.464. The molecule has 1 amide bonds. The van der Waals surface area contributed by atoms with Gasteiger partial charge in [-0.1, -0.05) is 6.07 Å². The van der Waals surface area contributed by atoms with E-state index in [2.05, 4.69) is 10.1 Å². The molecule has 0 fully saturated rings. The first kappa shape index (κ1) is 21.3. The van der Waals surface area contributed by atoms with Crippen molar-refractivity contribution in [3.63, 3.8) is 0 Å². The van der Waals surface area contributed by atoms with Crippen LogP contribution in [0, 0.1) is 0 Å². The fraction of sp³-hybridized carbons (Fsp3) is 0.300. The average molecular weight is 425 g/mol. The minimum Gasteiger partial charge on any atom is -0.486 e. The zero-order valence-corrected chi connectivity index (χ0v) is 15.7. The van der Waals surface area contributed by atoms with Crippen LogP contribution in [-0.4, -0.2) is 44.6 Å². The highest BCUT2D eigenvalue weighted by Gasteiger charge is 2.31. The third kappa shape index (κ3) is 6.29. The number of ether oxygens (including phenoxy) is 4. The van der Waals surface area contributed by atoms with Crippen molar-refractivity contribution in [1.29, 1.82) is 0 Å². The van der Waals surface area contributed by atoms with Crippen LogP contribution in [0.3, 0.4) is 0 Å². The van der Waals surface area contributed by atoms with Gasteiger partial charge in [0.05, 0.1) is 5.56 Å². The van der Waals surface area contributed by atoms with Crippen LogP contribution in [-0.2, 0) is 16.0 Å². The van der Waals surface area contributed by atoms with Crippen LogP contribution in [0.25, 0.3) is 0 Å². The lowest BCUT2D eigenvalue weighted by Gasteiger charge is -2.18. The molecule has 10 heteroatoms. The van der Waals surface area contributed by atoms with Gasteiger partial charge in [-0.15, -0.1) is 13.2 Å². The minimum atomic E-state index is -4.82. The molecule has 0 unspecified atom stereocenters. The molecule has 3 rings (SSSR count). The predicted molar refractivity (Wildman–Crippen MR) is 97.6 cm³/mol. The van der Waals surface area contributed by atoms with Crippen LogP contribution in [0.1, 0.15) is 15.9 Å². The molecule has 2 aromatic carbocycles. The number of hydrogen-bond donors (Lipinski definition) is 1. The van der Waals surface area contributed by atoms with Gasteiger partial charge >= 0.3 is 12.3 Å². The van der Waals surface area contributed by atoms with Gasteiger partial charge in [0, 0.05) is 6.54 Å². The summed E-state index contributed by atoms with van der Waals surface area (Å²) >= 11 is 0. The van der Waals surface area contributed by atoms with Gasteiger partial charge in [0.15, 0.2) is 18.1 Å². The van der Waals surface area contributed by atoms with Gasteiger partial charge in [-0.25, -0.2) is 4.79 Å². The van der Waals surface area contributed by atoms with E-state index >= 15 is 0 Å². The topological polar surface area (TPSA) is 83.1 Å². The average Bonchev–Trinajstić information content (AvgIpc) is 2.71. The quantitative estimate of drug-likeness (QED) is 0.687. The van der Waals surface area contributed by atoms with Crippen molar-refractivity contribution < 1.29 is 41.7 Å². The smallest absolute Gasteiger partial charge is 0.486 e. The largest absolute Gasteiger partial charge is 0.573 e. The Morgan fingerprint density at radius 3 is 2.40 bits per heavy atom. The van der Waals surface area contributed by atoms with Crippen LogP contribution in [0.5, 0.6) is 17.2 Å². The van der Waals surface area contributed by atoms with Gasteiger partial charge in [0.25, 0.3) is 5.91 Å². The van der Waals surface area contributed by atoms with E-state index in [-0.39, 0.29) is 5.56 Å². The van der Waals surface area contributed by atoms with Crippen molar-refractivity contribution in [3.05, 3.63) is 53.6 Å². The maximum Gasteiger partial charge on any atom is 0.573 e. The monoisotopic (exact) mass is 425 g/mol. The summed E-state index contributed by atoms with van der Waals surface area (Å²) in [7, 11) is 0. The Hall–Kier alpha value is -3.43. The summed E-state index contributed by atoms with van der Waals surface area (Å²) in [6.45, 7) is 0.795. The Balaban J connectivity index is 1.39. The van der Waals surface area contributed by atoms with Crippen molar-refractivity contribution in [2.24, 2.45) is 0 Å². The van der Waals surface area contributed by atoms with Crippen molar-refractivity contribution in [2.75, 3.05) is 26.4 Å². The molecule has 1 heterocycles. The molecule has 0 saturated heterocycles. The molecule has 0 saturated carbocycles. The Kier molecular flexibility index (Phi) is 6.65. The van der Waals surface area contributed by atoms with E-state index in [9.17, 15) is 22.8 Å². The summed E-state index contributed by atoms with van der Waals surface area (Å²) in [6, 6.07) is 9.71. The van der Waals surface area contributed by atoms with E-state index in [0.717, 1.165) is 29.8 Å². The van der Waals surface area contributed by atoms with Crippen LogP contribution >= 0.6 is 0 Å². The zero-order valence-electron chi connectivity index (χ0n) is 15.7. The van der Waals surface area contributed by atoms with Gasteiger partial charge in [-0.05, 0) is 48.4 Å².